The van der Waals surface area contributed by atoms with Crippen LogP contribution < -0.4 is 0 Å². The summed E-state index contributed by atoms with van der Waals surface area (Å²) >= 11 is 0. The number of aromatic nitrogens is 7. The molecular weight excluding hydrogens is 783 g/mol. The third-order valence-corrected chi connectivity index (χ3v) is 12.2. The van der Waals surface area contributed by atoms with Crippen LogP contribution in [-0.2, 0) is 0 Å². The predicted octanol–water partition coefficient (Wildman–Crippen LogP) is 13.8. The Morgan fingerprint density at radius 1 is 0.328 bits per heavy atom. The topological polar surface area (TPSA) is 74.3 Å². The molecule has 0 aliphatic carbocycles. The minimum Gasteiger partial charge on any atom is -0.306 e. The van der Waals surface area contributed by atoms with Gasteiger partial charge in [0.2, 0.25) is 0 Å². The van der Waals surface area contributed by atoms with Gasteiger partial charge in [0, 0.05) is 61.8 Å². The molecule has 0 spiro atoms. The van der Waals surface area contributed by atoms with Crippen LogP contribution in [0.3, 0.4) is 0 Å². The molecule has 5 heterocycles. The van der Waals surface area contributed by atoms with Gasteiger partial charge < -0.3 is 9.13 Å². The maximum Gasteiger partial charge on any atom is 0.166 e. The van der Waals surface area contributed by atoms with Gasteiger partial charge in [-0.05, 0) is 84.6 Å². The van der Waals surface area contributed by atoms with E-state index in [1.807, 2.05) is 43.0 Å². The van der Waals surface area contributed by atoms with Crippen LogP contribution in [0.2, 0.25) is 0 Å². The highest BCUT2D eigenvalue weighted by molar-refractivity contribution is 6.11. The van der Waals surface area contributed by atoms with E-state index >= 15 is 0 Å². The second-order valence-corrected chi connectivity index (χ2v) is 16.3. The number of hydrogen-bond donors (Lipinski definition) is 0. The highest BCUT2D eigenvalue weighted by atomic mass is 15.1. The first-order valence-electron chi connectivity index (χ1n) is 21.5. The number of benzene rings is 7. The Labute approximate surface area is 369 Å². The molecule has 12 rings (SSSR count). The van der Waals surface area contributed by atoms with Gasteiger partial charge in [-0.1, -0.05) is 127 Å². The first-order chi connectivity index (χ1) is 31.6. The molecule has 0 saturated carbocycles. The molecule has 0 aliphatic rings. The molecule has 0 amide bonds. The normalized spacial score (nSPS) is 11.6. The zero-order chi connectivity index (χ0) is 42.7. The number of rotatable bonds is 7. The molecule has 0 aliphatic heterocycles. The number of pyridine rings is 2. The monoisotopic (exact) mass is 821 g/mol. The first-order valence-corrected chi connectivity index (χ1v) is 21.5. The molecule has 0 saturated heterocycles. The van der Waals surface area contributed by atoms with Crippen molar-refractivity contribution in [2.75, 3.05) is 0 Å². The van der Waals surface area contributed by atoms with Gasteiger partial charge in [0.25, 0.3) is 0 Å². The van der Waals surface area contributed by atoms with Crippen LogP contribution in [0.25, 0.3) is 111 Å². The van der Waals surface area contributed by atoms with Gasteiger partial charge in [-0.2, -0.15) is 0 Å². The molecule has 0 N–H and O–H groups in total. The van der Waals surface area contributed by atoms with E-state index in [9.17, 15) is 0 Å². The molecule has 64 heavy (non-hydrogen) atoms. The smallest absolute Gasteiger partial charge is 0.166 e. The summed E-state index contributed by atoms with van der Waals surface area (Å²) in [5.41, 5.74) is 15.2. The second-order valence-electron chi connectivity index (χ2n) is 16.3. The summed E-state index contributed by atoms with van der Waals surface area (Å²) in [7, 11) is 0. The largest absolute Gasteiger partial charge is 0.306 e. The van der Waals surface area contributed by atoms with E-state index in [4.69, 9.17) is 15.0 Å². The first kappa shape index (κ1) is 37.2. The van der Waals surface area contributed by atoms with Crippen LogP contribution in [0.1, 0.15) is 11.1 Å². The van der Waals surface area contributed by atoms with Crippen molar-refractivity contribution >= 4 is 43.6 Å². The summed E-state index contributed by atoms with van der Waals surface area (Å²) < 4.78 is 4.69. The second kappa shape index (κ2) is 15.1. The van der Waals surface area contributed by atoms with Crippen molar-refractivity contribution < 1.29 is 0 Å². The molecule has 0 radical (unpaired) electrons. The van der Waals surface area contributed by atoms with Gasteiger partial charge >= 0.3 is 0 Å². The summed E-state index contributed by atoms with van der Waals surface area (Å²) in [5, 5.41) is 4.53. The predicted molar refractivity (Wildman–Crippen MR) is 261 cm³/mol. The van der Waals surface area contributed by atoms with Crippen molar-refractivity contribution in [1.82, 2.24) is 34.1 Å². The van der Waals surface area contributed by atoms with Crippen LogP contribution in [0.15, 0.2) is 201 Å². The van der Waals surface area contributed by atoms with E-state index in [1.165, 1.54) is 0 Å². The lowest BCUT2D eigenvalue weighted by atomic mass is 9.95. The van der Waals surface area contributed by atoms with Crippen molar-refractivity contribution in [2.45, 2.75) is 13.8 Å². The molecule has 0 fully saturated rings. The summed E-state index contributed by atoms with van der Waals surface area (Å²) in [6, 6.07) is 61.8. The van der Waals surface area contributed by atoms with Crippen molar-refractivity contribution in [3.8, 4) is 67.8 Å². The van der Waals surface area contributed by atoms with E-state index < -0.39 is 0 Å². The van der Waals surface area contributed by atoms with E-state index in [0.29, 0.717) is 17.5 Å². The average molecular weight is 822 g/mol. The zero-order valence-corrected chi connectivity index (χ0v) is 35.2. The van der Waals surface area contributed by atoms with Gasteiger partial charge in [-0.25, -0.2) is 15.0 Å². The Hall–Kier alpha value is -8.55. The van der Waals surface area contributed by atoms with E-state index in [2.05, 4.69) is 191 Å². The maximum atomic E-state index is 5.63. The fraction of sp³-hybridized carbons (Fsp3) is 0.0351. The Morgan fingerprint density at radius 3 is 1.14 bits per heavy atom. The molecular formula is C57H39N7. The number of aryl methyl sites for hydroxylation is 2. The highest BCUT2D eigenvalue weighted by Crippen LogP contribution is 2.44. The van der Waals surface area contributed by atoms with Crippen molar-refractivity contribution in [1.29, 1.82) is 0 Å². The fourth-order valence-corrected chi connectivity index (χ4v) is 9.51. The fourth-order valence-electron chi connectivity index (χ4n) is 9.51. The van der Waals surface area contributed by atoms with E-state index in [0.717, 1.165) is 105 Å². The lowest BCUT2D eigenvalue weighted by Crippen LogP contribution is -2.08. The number of nitrogens with zero attached hydrogens (tertiary/aromatic N) is 7. The van der Waals surface area contributed by atoms with Gasteiger partial charge in [0.05, 0.1) is 45.8 Å². The van der Waals surface area contributed by atoms with Crippen LogP contribution >= 0.6 is 0 Å². The molecule has 5 aromatic heterocycles. The minimum absolute atomic E-state index is 0.562. The Kier molecular flexibility index (Phi) is 8.79. The van der Waals surface area contributed by atoms with Crippen LogP contribution in [0.5, 0.6) is 0 Å². The number of hydrogen-bond acceptors (Lipinski definition) is 5. The molecule has 0 atom stereocenters. The summed E-state index contributed by atoms with van der Waals surface area (Å²) in [6.45, 7) is 4.29. The van der Waals surface area contributed by atoms with Crippen molar-refractivity contribution in [3.63, 3.8) is 0 Å². The Bertz CT molecular complexity index is 3410. The Morgan fingerprint density at radius 2 is 0.688 bits per heavy atom. The minimum atomic E-state index is 0.562. The molecule has 12 aromatic rings. The molecule has 0 bridgehead atoms. The molecule has 7 nitrogen and oxygen atoms in total. The van der Waals surface area contributed by atoms with Gasteiger partial charge in [-0.3, -0.25) is 9.97 Å². The standard InChI is InChI=1S/C57H39N7/c1-36-30-45(38-16-6-3-7-17-38)53(63-49-24-14-12-22-41(49)43-26-28-58-34-51(43)63)47(32-36)56-60-55(40-20-10-5-11-21-40)61-57(62-56)48-33-37(2)31-46(39-18-8-4-9-19-39)54(48)64-50-25-15-13-23-42(50)44-27-29-59-35-52(44)64/h3-35H,1-2H3. The molecule has 7 aromatic carbocycles. The van der Waals surface area contributed by atoms with Crippen LogP contribution in [0.4, 0.5) is 0 Å². The lowest BCUT2D eigenvalue weighted by Gasteiger charge is -2.21. The van der Waals surface area contributed by atoms with Crippen molar-refractivity contribution in [3.05, 3.63) is 212 Å². The summed E-state index contributed by atoms with van der Waals surface area (Å²) in [4.78, 5) is 25.8. The average Bonchev–Trinajstić information content (AvgIpc) is 3.87. The van der Waals surface area contributed by atoms with E-state index in [1.54, 1.807) is 0 Å². The summed E-state index contributed by atoms with van der Waals surface area (Å²) in [5.74, 6) is 1.70. The van der Waals surface area contributed by atoms with Crippen LogP contribution in [-0.4, -0.2) is 34.1 Å². The zero-order valence-electron chi connectivity index (χ0n) is 35.2. The van der Waals surface area contributed by atoms with Gasteiger partial charge in [-0.15, -0.1) is 0 Å². The SMILES string of the molecule is Cc1cc(-c2ccccc2)c(-n2c3ccccc3c3ccncc32)c(-c2nc(-c3ccccc3)nc(-c3cc(C)cc(-c4ccccc4)c3-n3c4ccccc4c4ccncc43)n2)c1. The molecule has 7 heteroatoms. The molecule has 0 unspecified atom stereocenters. The highest BCUT2D eigenvalue weighted by Gasteiger charge is 2.26. The number of para-hydroxylation sites is 2. The lowest BCUT2D eigenvalue weighted by molar-refractivity contribution is 1.05. The van der Waals surface area contributed by atoms with Crippen molar-refractivity contribution in [2.24, 2.45) is 0 Å². The van der Waals surface area contributed by atoms with Gasteiger partial charge in [0.1, 0.15) is 0 Å². The van der Waals surface area contributed by atoms with Crippen LogP contribution in [0, 0.1) is 13.8 Å². The maximum absolute atomic E-state index is 5.63. The third kappa shape index (κ3) is 6.08. The van der Waals surface area contributed by atoms with E-state index in [-0.39, 0.29) is 0 Å². The molecule has 302 valence electrons. The quantitative estimate of drug-likeness (QED) is 0.160. The Balaban J connectivity index is 1.23. The summed E-state index contributed by atoms with van der Waals surface area (Å²) in [6.07, 6.45) is 7.67. The third-order valence-electron chi connectivity index (χ3n) is 12.2. The van der Waals surface area contributed by atoms with Gasteiger partial charge in [0.15, 0.2) is 17.5 Å². The number of fused-ring (bicyclic) bond motifs is 6.